The molecule has 0 N–H and O–H groups in total. The molecule has 0 radical (unpaired) electrons. The van der Waals surface area contributed by atoms with Gasteiger partial charge in [0.1, 0.15) is 5.82 Å². The average molecular weight is 287 g/mol. The third-order valence-electron chi connectivity index (χ3n) is 2.68. The fraction of sp³-hybridized carbons (Fsp3) is 0.333. The fourth-order valence-electron chi connectivity index (χ4n) is 1.81. The Morgan fingerprint density at radius 2 is 2.28 bits per heavy atom. The third-order valence-corrected chi connectivity index (χ3v) is 3.15. The number of aromatic nitrogens is 2. The zero-order chi connectivity index (χ0) is 13.1. The van der Waals surface area contributed by atoms with Gasteiger partial charge in [-0.05, 0) is 18.2 Å². The molecule has 0 saturated heterocycles. The smallest absolute Gasteiger partial charge is 0.307 e. The van der Waals surface area contributed by atoms with Crippen LogP contribution in [0.15, 0.2) is 18.2 Å². The van der Waals surface area contributed by atoms with E-state index in [1.807, 2.05) is 10.6 Å². The van der Waals surface area contributed by atoms with E-state index >= 15 is 0 Å². The lowest BCUT2D eigenvalue weighted by atomic mass is 10.3. The van der Waals surface area contributed by atoms with Crippen molar-refractivity contribution in [2.45, 2.75) is 18.8 Å². The van der Waals surface area contributed by atoms with Crippen molar-refractivity contribution in [2.24, 2.45) is 0 Å². The Bertz CT molecular complexity index is 581. The van der Waals surface area contributed by atoms with Crippen LogP contribution in [-0.4, -0.2) is 22.6 Å². The van der Waals surface area contributed by atoms with Crippen molar-refractivity contribution in [2.75, 3.05) is 7.11 Å². The van der Waals surface area contributed by atoms with Gasteiger partial charge in [-0.3, -0.25) is 4.79 Å². The fourth-order valence-corrected chi connectivity index (χ4v) is 2.18. The van der Waals surface area contributed by atoms with Crippen LogP contribution in [0, 0.1) is 0 Å². The quantitative estimate of drug-likeness (QED) is 0.641. The van der Waals surface area contributed by atoms with Gasteiger partial charge in [0.05, 0.1) is 30.4 Å². The first-order valence-electron chi connectivity index (χ1n) is 5.43. The number of nitrogens with zero attached hydrogens (tertiary/aromatic N) is 2. The summed E-state index contributed by atoms with van der Waals surface area (Å²) in [7, 11) is 1.37. The number of carbonyl (C=O) groups is 1. The third kappa shape index (κ3) is 2.60. The molecule has 6 heteroatoms. The van der Waals surface area contributed by atoms with Crippen LogP contribution >= 0.6 is 23.2 Å². The largest absolute Gasteiger partial charge is 0.469 e. The van der Waals surface area contributed by atoms with E-state index in [4.69, 9.17) is 23.2 Å². The number of carbonyl (C=O) groups excluding carboxylic acids is 1. The highest BCUT2D eigenvalue weighted by atomic mass is 35.5. The first kappa shape index (κ1) is 13.2. The molecule has 0 saturated carbocycles. The lowest BCUT2D eigenvalue weighted by Crippen LogP contribution is -2.09. The van der Waals surface area contributed by atoms with Gasteiger partial charge in [0.25, 0.3) is 0 Å². The molecule has 1 heterocycles. The summed E-state index contributed by atoms with van der Waals surface area (Å²) in [6, 6.07) is 5.44. The van der Waals surface area contributed by atoms with E-state index < -0.39 is 0 Å². The van der Waals surface area contributed by atoms with Crippen LogP contribution in [-0.2, 0) is 22.0 Å². The monoisotopic (exact) mass is 286 g/mol. The Morgan fingerprint density at radius 1 is 1.50 bits per heavy atom. The van der Waals surface area contributed by atoms with Gasteiger partial charge < -0.3 is 9.30 Å². The summed E-state index contributed by atoms with van der Waals surface area (Å²) in [4.78, 5) is 15.6. The Labute approximate surface area is 114 Å². The van der Waals surface area contributed by atoms with E-state index in [1.54, 1.807) is 12.1 Å². The summed E-state index contributed by atoms with van der Waals surface area (Å²) in [5, 5.41) is 0.626. The molecule has 96 valence electrons. The second kappa shape index (κ2) is 5.59. The molecule has 0 atom stereocenters. The van der Waals surface area contributed by atoms with Crippen molar-refractivity contribution in [3.8, 4) is 0 Å². The maximum Gasteiger partial charge on any atom is 0.307 e. The number of benzene rings is 1. The van der Waals surface area contributed by atoms with Crippen LogP contribution in [0.1, 0.15) is 12.2 Å². The summed E-state index contributed by atoms with van der Waals surface area (Å²) in [5.74, 6) is 0.747. The van der Waals surface area contributed by atoms with Crippen LogP contribution in [0.3, 0.4) is 0 Å². The van der Waals surface area contributed by atoms with Gasteiger partial charge in [0.15, 0.2) is 0 Å². The number of aryl methyl sites for hydroxylation is 1. The van der Waals surface area contributed by atoms with E-state index in [0.717, 1.165) is 16.9 Å². The molecule has 4 nitrogen and oxygen atoms in total. The first-order chi connectivity index (χ1) is 8.65. The molecular weight excluding hydrogens is 275 g/mol. The highest BCUT2D eigenvalue weighted by Crippen LogP contribution is 2.21. The van der Waals surface area contributed by atoms with Crippen molar-refractivity contribution in [1.82, 2.24) is 9.55 Å². The highest BCUT2D eigenvalue weighted by molar-refractivity contribution is 6.31. The Kier molecular flexibility index (Phi) is 4.09. The molecule has 1 aromatic heterocycles. The molecule has 0 aliphatic heterocycles. The van der Waals surface area contributed by atoms with Gasteiger partial charge in [-0.15, -0.1) is 11.6 Å². The molecule has 0 unspecified atom stereocenters. The number of hydrogen-bond donors (Lipinski definition) is 0. The average Bonchev–Trinajstić information content (AvgIpc) is 2.72. The van der Waals surface area contributed by atoms with Gasteiger partial charge >= 0.3 is 5.97 Å². The minimum absolute atomic E-state index is 0.258. The van der Waals surface area contributed by atoms with Crippen LogP contribution in [0.4, 0.5) is 0 Å². The van der Waals surface area contributed by atoms with E-state index in [-0.39, 0.29) is 18.3 Å². The number of methoxy groups -OCH3 is 1. The minimum Gasteiger partial charge on any atom is -0.469 e. The number of esters is 1. The molecule has 1 aromatic carbocycles. The number of rotatable bonds is 4. The zero-order valence-corrected chi connectivity index (χ0v) is 11.3. The van der Waals surface area contributed by atoms with Gasteiger partial charge in [-0.25, -0.2) is 4.98 Å². The molecule has 0 amide bonds. The van der Waals surface area contributed by atoms with Crippen molar-refractivity contribution >= 4 is 40.2 Å². The molecule has 0 aliphatic carbocycles. The summed E-state index contributed by atoms with van der Waals surface area (Å²) < 4.78 is 6.54. The van der Waals surface area contributed by atoms with E-state index in [0.29, 0.717) is 11.6 Å². The molecule has 2 aromatic rings. The molecule has 0 aliphatic rings. The Hall–Kier alpha value is -1.26. The number of ether oxygens (including phenoxy) is 1. The van der Waals surface area contributed by atoms with E-state index in [1.165, 1.54) is 7.11 Å². The summed E-state index contributed by atoms with van der Waals surface area (Å²) in [6.45, 7) is 0.493. The van der Waals surface area contributed by atoms with Crippen LogP contribution in [0.25, 0.3) is 11.0 Å². The number of alkyl halides is 1. The Balaban J connectivity index is 2.37. The van der Waals surface area contributed by atoms with Crippen molar-refractivity contribution in [3.63, 3.8) is 0 Å². The number of fused-ring (bicyclic) bond motifs is 1. The SMILES string of the molecule is COC(=O)CCn1c(CCl)nc2cc(Cl)ccc21. The van der Waals surface area contributed by atoms with Gasteiger partial charge in [0, 0.05) is 11.6 Å². The van der Waals surface area contributed by atoms with Crippen molar-refractivity contribution < 1.29 is 9.53 Å². The maximum atomic E-state index is 11.2. The molecule has 0 fully saturated rings. The lowest BCUT2D eigenvalue weighted by Gasteiger charge is -2.06. The van der Waals surface area contributed by atoms with Gasteiger partial charge in [-0.1, -0.05) is 11.6 Å². The van der Waals surface area contributed by atoms with E-state index in [9.17, 15) is 4.79 Å². The van der Waals surface area contributed by atoms with Gasteiger partial charge in [0.2, 0.25) is 0 Å². The van der Waals surface area contributed by atoms with Crippen molar-refractivity contribution in [3.05, 3.63) is 29.0 Å². The second-order valence-corrected chi connectivity index (χ2v) is 4.48. The molecular formula is C12H12Cl2N2O2. The predicted octanol–water partition coefficient (Wildman–Crippen LogP) is 2.99. The standard InChI is InChI=1S/C12H12Cl2N2O2/c1-18-12(17)4-5-16-10-3-2-8(14)6-9(10)15-11(16)7-13/h2-3,6H,4-5,7H2,1H3. The topological polar surface area (TPSA) is 44.1 Å². The first-order valence-corrected chi connectivity index (χ1v) is 6.34. The van der Waals surface area contributed by atoms with E-state index in [2.05, 4.69) is 9.72 Å². The molecule has 0 spiro atoms. The highest BCUT2D eigenvalue weighted by Gasteiger charge is 2.11. The van der Waals surface area contributed by atoms with Crippen LogP contribution in [0.2, 0.25) is 5.02 Å². The normalized spacial score (nSPS) is 10.8. The number of hydrogen-bond acceptors (Lipinski definition) is 3. The zero-order valence-electron chi connectivity index (χ0n) is 9.82. The molecule has 18 heavy (non-hydrogen) atoms. The second-order valence-electron chi connectivity index (χ2n) is 3.77. The summed E-state index contributed by atoms with van der Waals surface area (Å²) in [5.41, 5.74) is 1.70. The summed E-state index contributed by atoms with van der Waals surface area (Å²) in [6.07, 6.45) is 0.286. The van der Waals surface area contributed by atoms with Crippen molar-refractivity contribution in [1.29, 1.82) is 0 Å². The van der Waals surface area contributed by atoms with Crippen LogP contribution < -0.4 is 0 Å². The van der Waals surface area contributed by atoms with Crippen LogP contribution in [0.5, 0.6) is 0 Å². The lowest BCUT2D eigenvalue weighted by molar-refractivity contribution is -0.140. The van der Waals surface area contributed by atoms with Gasteiger partial charge in [-0.2, -0.15) is 0 Å². The predicted molar refractivity (Wildman–Crippen MR) is 70.9 cm³/mol. The Morgan fingerprint density at radius 3 is 2.94 bits per heavy atom. The summed E-state index contributed by atoms with van der Waals surface area (Å²) >= 11 is 11.8. The number of imidazole rings is 1. The molecule has 2 rings (SSSR count). The molecule has 0 bridgehead atoms. The minimum atomic E-state index is -0.258. The number of halogens is 2. The maximum absolute atomic E-state index is 11.2.